The summed E-state index contributed by atoms with van der Waals surface area (Å²) in [5, 5.41) is 7.19. The zero-order valence-electron chi connectivity index (χ0n) is 8.12. The van der Waals surface area contributed by atoms with Crippen molar-refractivity contribution in [2.24, 2.45) is 5.73 Å². The molecular weight excluding hydrogens is 200 g/mol. The number of hydrogen-bond acceptors (Lipinski definition) is 2. The molecule has 3 nitrogen and oxygen atoms in total. The molecular formula is C10H15ClN2O. The van der Waals surface area contributed by atoms with Gasteiger partial charge in [-0.25, -0.2) is 0 Å². The third kappa shape index (κ3) is 3.77. The van der Waals surface area contributed by atoms with E-state index in [2.05, 4.69) is 0 Å². The van der Waals surface area contributed by atoms with Gasteiger partial charge >= 0.3 is 0 Å². The Hall–Kier alpha value is -1.06. The molecule has 0 aromatic heterocycles. The van der Waals surface area contributed by atoms with Gasteiger partial charge in [-0.2, -0.15) is 0 Å². The van der Waals surface area contributed by atoms with Crippen LogP contribution in [0, 0.1) is 5.41 Å². The molecule has 0 atom stereocenters. The first-order chi connectivity index (χ1) is 6.24. The highest BCUT2D eigenvalue weighted by molar-refractivity contribution is 5.94. The molecule has 3 N–H and O–H groups in total. The summed E-state index contributed by atoms with van der Waals surface area (Å²) in [5.74, 6) is 0.1000. The van der Waals surface area contributed by atoms with Crippen molar-refractivity contribution >= 4 is 18.2 Å². The van der Waals surface area contributed by atoms with E-state index in [1.165, 1.54) is 0 Å². The summed E-state index contributed by atoms with van der Waals surface area (Å²) >= 11 is 0. The molecule has 78 valence electrons. The molecule has 1 rings (SSSR count). The maximum Gasteiger partial charge on any atom is 0.122 e. The third-order valence-electron chi connectivity index (χ3n) is 1.74. The first-order valence-corrected chi connectivity index (χ1v) is 4.25. The van der Waals surface area contributed by atoms with Gasteiger partial charge in [0.2, 0.25) is 0 Å². The fourth-order valence-corrected chi connectivity index (χ4v) is 1.00. The molecule has 0 fully saturated rings. The molecule has 0 aliphatic carbocycles. The van der Waals surface area contributed by atoms with Crippen LogP contribution in [0.15, 0.2) is 24.3 Å². The van der Waals surface area contributed by atoms with Crippen LogP contribution >= 0.6 is 12.4 Å². The molecule has 14 heavy (non-hydrogen) atoms. The van der Waals surface area contributed by atoms with Crippen molar-refractivity contribution < 1.29 is 4.74 Å². The Morgan fingerprint density at radius 2 is 1.93 bits per heavy atom. The minimum absolute atomic E-state index is 0. The predicted octanol–water partition coefficient (Wildman–Crippen LogP) is 1.93. The molecule has 1 aromatic rings. The van der Waals surface area contributed by atoms with Crippen molar-refractivity contribution in [2.75, 3.05) is 6.61 Å². The Labute approximate surface area is 90.2 Å². The van der Waals surface area contributed by atoms with Crippen molar-refractivity contribution in [2.45, 2.75) is 13.5 Å². The SMILES string of the molecule is CCOCc1ccc(C(=N)N)cc1.Cl. The predicted molar refractivity (Wildman–Crippen MR) is 60.0 cm³/mol. The van der Waals surface area contributed by atoms with Gasteiger partial charge in [0, 0.05) is 12.2 Å². The zero-order valence-corrected chi connectivity index (χ0v) is 8.93. The quantitative estimate of drug-likeness (QED) is 0.595. The number of rotatable bonds is 4. The smallest absolute Gasteiger partial charge is 0.122 e. The molecule has 0 heterocycles. The van der Waals surface area contributed by atoms with Crippen molar-refractivity contribution in [1.29, 1.82) is 5.41 Å². The molecule has 0 bridgehead atoms. The van der Waals surface area contributed by atoms with Gasteiger partial charge in [-0.1, -0.05) is 24.3 Å². The maximum absolute atomic E-state index is 7.19. The van der Waals surface area contributed by atoms with Crippen LogP contribution in [0.2, 0.25) is 0 Å². The lowest BCUT2D eigenvalue weighted by molar-refractivity contribution is 0.134. The van der Waals surface area contributed by atoms with E-state index in [1.54, 1.807) is 0 Å². The van der Waals surface area contributed by atoms with Gasteiger partial charge in [0.1, 0.15) is 5.84 Å². The third-order valence-corrected chi connectivity index (χ3v) is 1.74. The van der Waals surface area contributed by atoms with E-state index in [1.807, 2.05) is 31.2 Å². The highest BCUT2D eigenvalue weighted by Crippen LogP contribution is 2.04. The summed E-state index contributed by atoms with van der Waals surface area (Å²) in [4.78, 5) is 0. The number of nitrogens with one attached hydrogen (secondary N) is 1. The monoisotopic (exact) mass is 214 g/mol. The summed E-state index contributed by atoms with van der Waals surface area (Å²) in [7, 11) is 0. The zero-order chi connectivity index (χ0) is 9.68. The first-order valence-electron chi connectivity index (χ1n) is 4.25. The van der Waals surface area contributed by atoms with E-state index < -0.39 is 0 Å². The summed E-state index contributed by atoms with van der Waals surface area (Å²) in [6.45, 7) is 3.30. The molecule has 1 aromatic carbocycles. The molecule has 0 amide bonds. The highest BCUT2D eigenvalue weighted by Gasteiger charge is 1.96. The minimum Gasteiger partial charge on any atom is -0.384 e. The fraction of sp³-hybridized carbons (Fsp3) is 0.300. The van der Waals surface area contributed by atoms with Crippen molar-refractivity contribution in [3.05, 3.63) is 35.4 Å². The second-order valence-electron chi connectivity index (χ2n) is 2.75. The molecule has 4 heteroatoms. The fourth-order valence-electron chi connectivity index (χ4n) is 1.00. The van der Waals surface area contributed by atoms with Crippen LogP contribution in [-0.4, -0.2) is 12.4 Å². The van der Waals surface area contributed by atoms with Crippen LogP contribution in [0.3, 0.4) is 0 Å². The molecule has 0 saturated carbocycles. The lowest BCUT2D eigenvalue weighted by atomic mass is 10.1. The topological polar surface area (TPSA) is 59.1 Å². The number of nitrogen functional groups attached to an aromatic ring is 1. The van der Waals surface area contributed by atoms with E-state index in [-0.39, 0.29) is 18.2 Å². The van der Waals surface area contributed by atoms with E-state index in [0.717, 1.165) is 11.1 Å². The van der Waals surface area contributed by atoms with Crippen molar-refractivity contribution in [3.63, 3.8) is 0 Å². The molecule has 0 radical (unpaired) electrons. The van der Waals surface area contributed by atoms with Gasteiger partial charge in [0.05, 0.1) is 6.61 Å². The number of amidine groups is 1. The van der Waals surface area contributed by atoms with Crippen LogP contribution < -0.4 is 5.73 Å². The summed E-state index contributed by atoms with van der Waals surface area (Å²) < 4.78 is 5.23. The normalized spacial score (nSPS) is 9.21. The average Bonchev–Trinajstić information content (AvgIpc) is 2.15. The number of ether oxygens (including phenoxy) is 1. The summed E-state index contributed by atoms with van der Waals surface area (Å²) in [6, 6.07) is 7.51. The minimum atomic E-state index is 0. The Morgan fingerprint density at radius 3 is 2.36 bits per heavy atom. The van der Waals surface area contributed by atoms with E-state index >= 15 is 0 Å². The molecule has 0 aliphatic rings. The second-order valence-corrected chi connectivity index (χ2v) is 2.75. The van der Waals surface area contributed by atoms with E-state index in [9.17, 15) is 0 Å². The first kappa shape index (κ1) is 12.9. The molecule has 0 aliphatic heterocycles. The Bertz CT molecular complexity index is 285. The lowest BCUT2D eigenvalue weighted by Gasteiger charge is -2.02. The van der Waals surface area contributed by atoms with Gasteiger partial charge in [-0.05, 0) is 12.5 Å². The molecule has 0 saturated heterocycles. The molecule has 0 spiro atoms. The van der Waals surface area contributed by atoms with Crippen molar-refractivity contribution in [3.8, 4) is 0 Å². The van der Waals surface area contributed by atoms with Crippen molar-refractivity contribution in [1.82, 2.24) is 0 Å². The summed E-state index contributed by atoms with van der Waals surface area (Å²) in [6.07, 6.45) is 0. The van der Waals surface area contributed by atoms with E-state index in [4.69, 9.17) is 15.9 Å². The molecule has 0 unspecified atom stereocenters. The Morgan fingerprint density at radius 1 is 1.36 bits per heavy atom. The van der Waals surface area contributed by atoms with Gasteiger partial charge < -0.3 is 10.5 Å². The van der Waals surface area contributed by atoms with Gasteiger partial charge in [-0.3, -0.25) is 5.41 Å². The van der Waals surface area contributed by atoms with Crippen LogP contribution in [0.4, 0.5) is 0 Å². The van der Waals surface area contributed by atoms with Crippen LogP contribution in [0.1, 0.15) is 18.1 Å². The number of halogens is 1. The van der Waals surface area contributed by atoms with Gasteiger partial charge in [-0.15, -0.1) is 12.4 Å². The lowest BCUT2D eigenvalue weighted by Crippen LogP contribution is -2.10. The van der Waals surface area contributed by atoms with Gasteiger partial charge in [0.15, 0.2) is 0 Å². The largest absolute Gasteiger partial charge is 0.384 e. The maximum atomic E-state index is 7.19. The van der Waals surface area contributed by atoms with Crippen LogP contribution in [0.5, 0.6) is 0 Å². The summed E-state index contributed by atoms with van der Waals surface area (Å²) in [5.41, 5.74) is 7.17. The van der Waals surface area contributed by atoms with E-state index in [0.29, 0.717) is 13.2 Å². The Kier molecular flexibility index (Phi) is 5.92. The number of nitrogens with two attached hydrogens (primary N) is 1. The Balaban J connectivity index is 0.00000169. The van der Waals surface area contributed by atoms with Gasteiger partial charge in [0.25, 0.3) is 0 Å². The number of hydrogen-bond donors (Lipinski definition) is 2. The van der Waals surface area contributed by atoms with Crippen LogP contribution in [0.25, 0.3) is 0 Å². The standard InChI is InChI=1S/C10H14N2O.ClH/c1-2-13-7-8-3-5-9(6-4-8)10(11)12;/h3-6H,2,7H2,1H3,(H3,11,12);1H. The van der Waals surface area contributed by atoms with Crippen LogP contribution in [-0.2, 0) is 11.3 Å². The second kappa shape index (κ2) is 6.40. The highest BCUT2D eigenvalue weighted by atomic mass is 35.5. The average molecular weight is 215 g/mol. The number of benzene rings is 1.